The van der Waals surface area contributed by atoms with Gasteiger partial charge in [0, 0.05) is 30.4 Å². The molecular formula is C20H17N5. The molecule has 4 aromatic rings. The standard InChI is InChI=1S/C20H17N5/c21-13-15-11-14-6-7-16(24-9-2-1-3-10-24)12-18(14)25-17-5-4-8-22-19(17)23-20(15)25/h4-8,11-12H,1-3,9-10H2. The zero-order chi connectivity index (χ0) is 16.8. The van der Waals surface area contributed by atoms with Crippen molar-refractivity contribution >= 4 is 33.4 Å². The Morgan fingerprint density at radius 3 is 2.72 bits per heavy atom. The molecule has 1 aromatic carbocycles. The van der Waals surface area contributed by atoms with E-state index in [1.54, 1.807) is 6.20 Å². The third kappa shape index (κ3) is 2.14. The van der Waals surface area contributed by atoms with Gasteiger partial charge in [-0.25, -0.2) is 9.97 Å². The first-order valence-electron chi connectivity index (χ1n) is 8.70. The lowest BCUT2D eigenvalue weighted by atomic mass is 10.1. The monoisotopic (exact) mass is 327 g/mol. The molecule has 5 rings (SSSR count). The molecule has 0 bridgehead atoms. The van der Waals surface area contributed by atoms with E-state index in [0.29, 0.717) is 16.9 Å². The molecule has 5 heteroatoms. The molecule has 4 heterocycles. The Labute approximate surface area is 145 Å². The third-order valence-electron chi connectivity index (χ3n) is 5.07. The summed E-state index contributed by atoms with van der Waals surface area (Å²) < 4.78 is 2.07. The minimum atomic E-state index is 0.580. The minimum Gasteiger partial charge on any atom is -0.371 e. The Balaban J connectivity index is 1.85. The van der Waals surface area contributed by atoms with Crippen molar-refractivity contribution in [3.63, 3.8) is 0 Å². The zero-order valence-corrected chi connectivity index (χ0v) is 13.8. The van der Waals surface area contributed by atoms with Crippen LogP contribution in [0.1, 0.15) is 24.8 Å². The maximum absolute atomic E-state index is 9.55. The van der Waals surface area contributed by atoms with Crippen molar-refractivity contribution in [2.24, 2.45) is 0 Å². The summed E-state index contributed by atoms with van der Waals surface area (Å²) in [5, 5.41) is 10.6. The molecule has 0 spiro atoms. The maximum atomic E-state index is 9.55. The molecule has 0 amide bonds. The fourth-order valence-corrected chi connectivity index (χ4v) is 3.84. The SMILES string of the molecule is N#Cc1cc2ccc(N3CCCCC3)cc2n2c1nc1ncccc12. The molecular weight excluding hydrogens is 310 g/mol. The fraction of sp³-hybridized carbons (Fsp3) is 0.250. The van der Waals surface area contributed by atoms with Crippen LogP contribution in [0, 0.1) is 11.3 Å². The molecule has 1 fully saturated rings. The van der Waals surface area contributed by atoms with E-state index in [4.69, 9.17) is 0 Å². The first-order valence-corrected chi connectivity index (χ1v) is 8.70. The van der Waals surface area contributed by atoms with E-state index < -0.39 is 0 Å². The van der Waals surface area contributed by atoms with Crippen molar-refractivity contribution in [1.82, 2.24) is 14.4 Å². The van der Waals surface area contributed by atoms with E-state index in [2.05, 4.69) is 43.5 Å². The van der Waals surface area contributed by atoms with Crippen LogP contribution < -0.4 is 4.90 Å². The number of fused-ring (bicyclic) bond motifs is 5. The first kappa shape index (κ1) is 14.2. The number of imidazole rings is 1. The summed E-state index contributed by atoms with van der Waals surface area (Å²) in [4.78, 5) is 11.4. The molecule has 0 radical (unpaired) electrons. The Hall–Kier alpha value is -3.13. The number of benzene rings is 1. The first-order chi connectivity index (χ1) is 12.3. The minimum absolute atomic E-state index is 0.580. The van der Waals surface area contributed by atoms with Crippen LogP contribution in [-0.4, -0.2) is 27.5 Å². The highest BCUT2D eigenvalue weighted by Gasteiger charge is 2.16. The van der Waals surface area contributed by atoms with E-state index in [9.17, 15) is 5.26 Å². The summed E-state index contributed by atoms with van der Waals surface area (Å²) in [7, 11) is 0. The van der Waals surface area contributed by atoms with E-state index in [1.807, 2.05) is 18.2 Å². The lowest BCUT2D eigenvalue weighted by molar-refractivity contribution is 0.578. The van der Waals surface area contributed by atoms with Crippen LogP contribution in [0.5, 0.6) is 0 Å². The van der Waals surface area contributed by atoms with Gasteiger partial charge in [0.2, 0.25) is 0 Å². The van der Waals surface area contributed by atoms with Gasteiger partial charge in [0.1, 0.15) is 6.07 Å². The number of anilines is 1. The average Bonchev–Trinajstić information content (AvgIpc) is 3.07. The van der Waals surface area contributed by atoms with Crippen molar-refractivity contribution in [3.8, 4) is 6.07 Å². The molecule has 5 nitrogen and oxygen atoms in total. The Bertz CT molecular complexity index is 1150. The largest absolute Gasteiger partial charge is 0.371 e. The van der Waals surface area contributed by atoms with Crippen LogP contribution in [-0.2, 0) is 0 Å². The number of piperidine rings is 1. The molecule has 1 aliphatic rings. The van der Waals surface area contributed by atoms with Gasteiger partial charge in [0.15, 0.2) is 11.3 Å². The highest BCUT2D eigenvalue weighted by atomic mass is 15.1. The normalized spacial score (nSPS) is 15.1. The zero-order valence-electron chi connectivity index (χ0n) is 13.8. The third-order valence-corrected chi connectivity index (χ3v) is 5.07. The summed E-state index contributed by atoms with van der Waals surface area (Å²) in [5.41, 5.74) is 5.19. The van der Waals surface area contributed by atoms with E-state index in [-0.39, 0.29) is 0 Å². The van der Waals surface area contributed by atoms with E-state index >= 15 is 0 Å². The average molecular weight is 327 g/mol. The van der Waals surface area contributed by atoms with Crippen LogP contribution in [0.4, 0.5) is 5.69 Å². The van der Waals surface area contributed by atoms with Gasteiger partial charge in [-0.1, -0.05) is 6.07 Å². The Kier molecular flexibility index (Phi) is 3.10. The van der Waals surface area contributed by atoms with Crippen molar-refractivity contribution in [2.45, 2.75) is 19.3 Å². The van der Waals surface area contributed by atoms with Crippen LogP contribution in [0.25, 0.3) is 27.7 Å². The smallest absolute Gasteiger partial charge is 0.178 e. The molecule has 1 aliphatic heterocycles. The molecule has 0 atom stereocenters. The van der Waals surface area contributed by atoms with Gasteiger partial charge in [0.25, 0.3) is 0 Å². The van der Waals surface area contributed by atoms with Crippen LogP contribution in [0.3, 0.4) is 0 Å². The molecule has 0 N–H and O–H groups in total. The van der Waals surface area contributed by atoms with Crippen LogP contribution >= 0.6 is 0 Å². The Morgan fingerprint density at radius 1 is 1.00 bits per heavy atom. The second-order valence-electron chi connectivity index (χ2n) is 6.58. The number of nitrogens with zero attached hydrogens (tertiary/aromatic N) is 5. The lowest BCUT2D eigenvalue weighted by Crippen LogP contribution is -2.29. The van der Waals surface area contributed by atoms with Gasteiger partial charge >= 0.3 is 0 Å². The molecule has 1 saturated heterocycles. The Morgan fingerprint density at radius 2 is 1.88 bits per heavy atom. The molecule has 25 heavy (non-hydrogen) atoms. The van der Waals surface area contributed by atoms with E-state index in [0.717, 1.165) is 29.5 Å². The highest BCUT2D eigenvalue weighted by molar-refractivity contribution is 5.93. The number of rotatable bonds is 1. The topological polar surface area (TPSA) is 57.2 Å². The van der Waals surface area contributed by atoms with Crippen molar-refractivity contribution < 1.29 is 0 Å². The summed E-state index contributed by atoms with van der Waals surface area (Å²) in [5.74, 6) is 0. The van der Waals surface area contributed by atoms with Crippen LogP contribution in [0.2, 0.25) is 0 Å². The number of hydrogen-bond acceptors (Lipinski definition) is 4. The van der Waals surface area contributed by atoms with Gasteiger partial charge in [-0.15, -0.1) is 0 Å². The molecule has 0 unspecified atom stereocenters. The summed E-state index contributed by atoms with van der Waals surface area (Å²) in [6.45, 7) is 2.22. The quantitative estimate of drug-likeness (QED) is 0.532. The van der Waals surface area contributed by atoms with Gasteiger partial charge in [-0.3, -0.25) is 4.40 Å². The van der Waals surface area contributed by atoms with Gasteiger partial charge in [0.05, 0.1) is 16.6 Å². The fourth-order valence-electron chi connectivity index (χ4n) is 3.84. The summed E-state index contributed by atoms with van der Waals surface area (Å²) in [6, 6.07) is 14.6. The maximum Gasteiger partial charge on any atom is 0.178 e. The molecule has 0 aliphatic carbocycles. The number of hydrogen-bond donors (Lipinski definition) is 0. The lowest BCUT2D eigenvalue weighted by Gasteiger charge is -2.29. The van der Waals surface area contributed by atoms with Gasteiger partial charge < -0.3 is 4.90 Å². The summed E-state index contributed by atoms with van der Waals surface area (Å²) >= 11 is 0. The van der Waals surface area contributed by atoms with Gasteiger partial charge in [-0.2, -0.15) is 5.26 Å². The van der Waals surface area contributed by atoms with E-state index in [1.165, 1.54) is 24.9 Å². The van der Waals surface area contributed by atoms with Crippen molar-refractivity contribution in [2.75, 3.05) is 18.0 Å². The van der Waals surface area contributed by atoms with Crippen molar-refractivity contribution in [1.29, 1.82) is 5.26 Å². The van der Waals surface area contributed by atoms with Crippen LogP contribution in [0.15, 0.2) is 42.6 Å². The predicted octanol–water partition coefficient (Wildman–Crippen LogP) is 3.90. The molecule has 0 saturated carbocycles. The second kappa shape index (κ2) is 5.45. The van der Waals surface area contributed by atoms with Crippen molar-refractivity contribution in [3.05, 3.63) is 48.2 Å². The number of pyridine rings is 2. The number of aromatic nitrogens is 3. The van der Waals surface area contributed by atoms with Gasteiger partial charge in [-0.05, 0) is 49.6 Å². The predicted molar refractivity (Wildman–Crippen MR) is 98.8 cm³/mol. The number of nitriles is 1. The molecule has 122 valence electrons. The second-order valence-corrected chi connectivity index (χ2v) is 6.58. The highest BCUT2D eigenvalue weighted by Crippen LogP contribution is 2.29. The molecule has 3 aromatic heterocycles. The summed E-state index contributed by atoms with van der Waals surface area (Å²) in [6.07, 6.45) is 5.55.